The fraction of sp³-hybridized carbons (Fsp3) is 0.917. The molecule has 0 aromatic carbocycles. The Balaban J connectivity index is 2.16. The van der Waals surface area contributed by atoms with Crippen LogP contribution in [0.4, 0.5) is 0 Å². The van der Waals surface area contributed by atoms with Crippen molar-refractivity contribution in [3.05, 3.63) is 0 Å². The largest absolute Gasteiger partial charge is 0.372 e. The van der Waals surface area contributed by atoms with Crippen molar-refractivity contribution in [3.8, 4) is 0 Å². The van der Waals surface area contributed by atoms with Gasteiger partial charge in [-0.1, -0.05) is 20.8 Å². The highest BCUT2D eigenvalue weighted by molar-refractivity contribution is 5.77. The molecule has 0 saturated heterocycles. The third kappa shape index (κ3) is 4.65. The summed E-state index contributed by atoms with van der Waals surface area (Å²) in [6.07, 6.45) is 4.36. The van der Waals surface area contributed by atoms with E-state index in [0.717, 1.165) is 19.3 Å². The first-order valence-electron chi connectivity index (χ1n) is 5.90. The molecule has 1 atom stereocenters. The number of carbonyl (C=O) groups is 1. The number of rotatable bonds is 5. The van der Waals surface area contributed by atoms with Crippen LogP contribution in [0.15, 0.2) is 0 Å². The first-order chi connectivity index (χ1) is 7.03. The van der Waals surface area contributed by atoms with E-state index in [9.17, 15) is 4.79 Å². The van der Waals surface area contributed by atoms with E-state index in [-0.39, 0.29) is 12.5 Å². The zero-order valence-corrected chi connectivity index (χ0v) is 10.1. The molecule has 0 aromatic heterocycles. The molecule has 1 unspecified atom stereocenters. The minimum atomic E-state index is 0.0335. The molecule has 1 N–H and O–H groups in total. The van der Waals surface area contributed by atoms with Crippen LogP contribution in [0.1, 0.15) is 46.5 Å². The Morgan fingerprint density at radius 3 is 2.80 bits per heavy atom. The van der Waals surface area contributed by atoms with Gasteiger partial charge in [-0.25, -0.2) is 0 Å². The predicted molar refractivity (Wildman–Crippen MR) is 60.7 cm³/mol. The average Bonchev–Trinajstić information content (AvgIpc) is 2.46. The van der Waals surface area contributed by atoms with Crippen LogP contribution in [0.25, 0.3) is 0 Å². The van der Waals surface area contributed by atoms with Gasteiger partial charge in [-0.3, -0.25) is 4.79 Å². The second-order valence-corrected chi connectivity index (χ2v) is 5.22. The van der Waals surface area contributed by atoms with Gasteiger partial charge >= 0.3 is 0 Å². The number of nitrogens with one attached hydrogen (secondary N) is 1. The minimum Gasteiger partial charge on any atom is -0.372 e. The average molecular weight is 213 g/mol. The molecule has 0 heterocycles. The minimum absolute atomic E-state index is 0.0335. The highest BCUT2D eigenvalue weighted by Gasteiger charge is 2.31. The second-order valence-electron chi connectivity index (χ2n) is 5.22. The van der Waals surface area contributed by atoms with Gasteiger partial charge in [0.2, 0.25) is 5.91 Å². The summed E-state index contributed by atoms with van der Waals surface area (Å²) < 4.78 is 5.19. The maximum atomic E-state index is 11.4. The Bertz CT molecular complexity index is 214. The molecule has 1 rings (SSSR count). The number of carbonyl (C=O) groups excluding carboxylic acids is 1. The summed E-state index contributed by atoms with van der Waals surface area (Å²) in [5.41, 5.74) is 0.391. The van der Waals surface area contributed by atoms with E-state index in [0.29, 0.717) is 18.1 Å². The standard InChI is InChI=1S/C12H23NO2/c1-4-7-15-9-11(14)13-10-5-6-12(2,3)8-10/h10H,4-9H2,1-3H3,(H,13,14). The Morgan fingerprint density at radius 1 is 1.53 bits per heavy atom. The smallest absolute Gasteiger partial charge is 0.246 e. The van der Waals surface area contributed by atoms with Gasteiger partial charge in [-0.05, 0) is 31.1 Å². The van der Waals surface area contributed by atoms with E-state index in [1.807, 2.05) is 6.92 Å². The first kappa shape index (κ1) is 12.5. The van der Waals surface area contributed by atoms with Crippen molar-refractivity contribution in [1.82, 2.24) is 5.32 Å². The van der Waals surface area contributed by atoms with Crippen LogP contribution in [-0.4, -0.2) is 25.2 Å². The summed E-state index contributed by atoms with van der Waals surface area (Å²) in [6, 6.07) is 0.359. The lowest BCUT2D eigenvalue weighted by atomic mass is 9.92. The Kier molecular flexibility index (Phi) is 4.58. The molecule has 3 heteroatoms. The molecule has 1 aliphatic carbocycles. The fourth-order valence-electron chi connectivity index (χ4n) is 2.14. The van der Waals surface area contributed by atoms with Gasteiger partial charge in [0.05, 0.1) is 0 Å². The molecule has 0 aromatic rings. The van der Waals surface area contributed by atoms with Gasteiger partial charge in [0.15, 0.2) is 0 Å². The summed E-state index contributed by atoms with van der Waals surface area (Å²) in [5, 5.41) is 3.03. The van der Waals surface area contributed by atoms with Crippen LogP contribution < -0.4 is 5.32 Å². The van der Waals surface area contributed by atoms with Crippen LogP contribution in [-0.2, 0) is 9.53 Å². The summed E-state index contributed by atoms with van der Waals surface area (Å²) in [6.45, 7) is 7.44. The van der Waals surface area contributed by atoms with Crippen LogP contribution in [0.2, 0.25) is 0 Å². The van der Waals surface area contributed by atoms with Crippen molar-refractivity contribution in [3.63, 3.8) is 0 Å². The van der Waals surface area contributed by atoms with Gasteiger partial charge in [-0.15, -0.1) is 0 Å². The molecular formula is C12H23NO2. The van der Waals surface area contributed by atoms with E-state index in [2.05, 4.69) is 19.2 Å². The Labute approximate surface area is 92.6 Å². The van der Waals surface area contributed by atoms with Gasteiger partial charge in [0, 0.05) is 12.6 Å². The van der Waals surface area contributed by atoms with Crippen molar-refractivity contribution in [2.24, 2.45) is 5.41 Å². The highest BCUT2D eigenvalue weighted by Crippen LogP contribution is 2.36. The third-order valence-corrected chi connectivity index (χ3v) is 2.92. The second kappa shape index (κ2) is 5.50. The zero-order chi connectivity index (χ0) is 11.3. The van der Waals surface area contributed by atoms with E-state index >= 15 is 0 Å². The molecule has 3 nitrogen and oxygen atoms in total. The lowest BCUT2D eigenvalue weighted by molar-refractivity contribution is -0.126. The van der Waals surface area contributed by atoms with Gasteiger partial charge in [0.1, 0.15) is 6.61 Å². The van der Waals surface area contributed by atoms with Crippen LogP contribution in [0, 0.1) is 5.41 Å². The van der Waals surface area contributed by atoms with Gasteiger partial charge in [0.25, 0.3) is 0 Å². The first-order valence-corrected chi connectivity index (χ1v) is 5.90. The normalized spacial score (nSPS) is 24.1. The SMILES string of the molecule is CCCOCC(=O)NC1CCC(C)(C)C1. The van der Waals surface area contributed by atoms with Gasteiger partial charge < -0.3 is 10.1 Å². The van der Waals surface area contributed by atoms with Crippen LogP contribution in [0.3, 0.4) is 0 Å². The maximum Gasteiger partial charge on any atom is 0.246 e. The monoisotopic (exact) mass is 213 g/mol. The topological polar surface area (TPSA) is 38.3 Å². The fourth-order valence-corrected chi connectivity index (χ4v) is 2.14. The van der Waals surface area contributed by atoms with Crippen LogP contribution in [0.5, 0.6) is 0 Å². The number of hydrogen-bond donors (Lipinski definition) is 1. The molecular weight excluding hydrogens is 190 g/mol. The molecule has 0 spiro atoms. The molecule has 88 valence electrons. The number of hydrogen-bond acceptors (Lipinski definition) is 2. The van der Waals surface area contributed by atoms with Gasteiger partial charge in [-0.2, -0.15) is 0 Å². The molecule has 0 aliphatic heterocycles. The summed E-state index contributed by atoms with van der Waals surface area (Å²) in [4.78, 5) is 11.4. The molecule has 1 fully saturated rings. The quantitative estimate of drug-likeness (QED) is 0.710. The maximum absolute atomic E-state index is 11.4. The lowest BCUT2D eigenvalue weighted by Crippen LogP contribution is -2.36. The van der Waals surface area contributed by atoms with Crippen molar-refractivity contribution >= 4 is 5.91 Å². The Hall–Kier alpha value is -0.570. The number of amides is 1. The van der Waals surface area contributed by atoms with E-state index in [1.54, 1.807) is 0 Å². The van der Waals surface area contributed by atoms with Crippen LogP contribution >= 0.6 is 0 Å². The molecule has 1 saturated carbocycles. The summed E-state index contributed by atoms with van der Waals surface area (Å²) in [5.74, 6) is 0.0335. The zero-order valence-electron chi connectivity index (χ0n) is 10.1. The van der Waals surface area contributed by atoms with Crippen molar-refractivity contribution in [1.29, 1.82) is 0 Å². The molecule has 0 radical (unpaired) electrons. The Morgan fingerprint density at radius 2 is 2.27 bits per heavy atom. The van der Waals surface area contributed by atoms with E-state index < -0.39 is 0 Å². The van der Waals surface area contributed by atoms with E-state index in [1.165, 1.54) is 6.42 Å². The summed E-state index contributed by atoms with van der Waals surface area (Å²) in [7, 11) is 0. The van der Waals surface area contributed by atoms with E-state index in [4.69, 9.17) is 4.74 Å². The molecule has 1 amide bonds. The van der Waals surface area contributed by atoms with Crippen molar-refractivity contribution < 1.29 is 9.53 Å². The van der Waals surface area contributed by atoms with Crippen molar-refractivity contribution in [2.75, 3.05) is 13.2 Å². The highest BCUT2D eigenvalue weighted by atomic mass is 16.5. The predicted octanol–water partition coefficient (Wildman–Crippen LogP) is 2.11. The molecule has 15 heavy (non-hydrogen) atoms. The molecule has 1 aliphatic rings. The van der Waals surface area contributed by atoms with Crippen molar-refractivity contribution in [2.45, 2.75) is 52.5 Å². The lowest BCUT2D eigenvalue weighted by Gasteiger charge is -2.17. The third-order valence-electron chi connectivity index (χ3n) is 2.92. The molecule has 0 bridgehead atoms. The number of ether oxygens (including phenoxy) is 1. The summed E-state index contributed by atoms with van der Waals surface area (Å²) >= 11 is 0.